The summed E-state index contributed by atoms with van der Waals surface area (Å²) in [5.74, 6) is 0.710. The minimum atomic E-state index is -0.212. The topological polar surface area (TPSA) is 36.3 Å². The molecular formula is C11H13ClN2O. The van der Waals surface area contributed by atoms with Gasteiger partial charge in [-0.05, 0) is 19.1 Å². The standard InChI is InChI=1S/C11H13ClN2O/c1-8(7-13)14(2)11-5-4-9(15-3)6-10(11)12/h4-6,8H,1-3H3. The van der Waals surface area contributed by atoms with E-state index in [1.165, 1.54) is 0 Å². The molecule has 0 fully saturated rings. The lowest BCUT2D eigenvalue weighted by molar-refractivity contribution is 0.415. The zero-order valence-electron chi connectivity index (χ0n) is 8.99. The third-order valence-corrected chi connectivity index (χ3v) is 2.61. The van der Waals surface area contributed by atoms with Gasteiger partial charge in [0.2, 0.25) is 0 Å². The van der Waals surface area contributed by atoms with Crippen molar-refractivity contribution in [3.05, 3.63) is 23.2 Å². The molecule has 80 valence electrons. The molecule has 0 amide bonds. The van der Waals surface area contributed by atoms with E-state index >= 15 is 0 Å². The van der Waals surface area contributed by atoms with Crippen molar-refractivity contribution in [3.63, 3.8) is 0 Å². The number of hydrogen-bond acceptors (Lipinski definition) is 3. The highest BCUT2D eigenvalue weighted by molar-refractivity contribution is 6.33. The van der Waals surface area contributed by atoms with E-state index in [1.54, 1.807) is 13.2 Å². The Morgan fingerprint density at radius 1 is 1.53 bits per heavy atom. The Bertz CT molecular complexity index is 387. The Kier molecular flexibility index (Phi) is 3.81. The molecule has 1 atom stereocenters. The lowest BCUT2D eigenvalue weighted by Gasteiger charge is -2.22. The molecule has 0 saturated heterocycles. The summed E-state index contributed by atoms with van der Waals surface area (Å²) < 4.78 is 5.05. The number of hydrogen-bond donors (Lipinski definition) is 0. The average Bonchev–Trinajstić information content (AvgIpc) is 2.26. The molecule has 4 heteroatoms. The van der Waals surface area contributed by atoms with Crippen molar-refractivity contribution in [1.29, 1.82) is 5.26 Å². The third kappa shape index (κ3) is 2.54. The van der Waals surface area contributed by atoms with Gasteiger partial charge in [0.1, 0.15) is 11.8 Å². The fourth-order valence-electron chi connectivity index (χ4n) is 1.20. The van der Waals surface area contributed by atoms with Crippen LogP contribution in [0.4, 0.5) is 5.69 Å². The SMILES string of the molecule is COc1ccc(N(C)C(C)C#N)c(Cl)c1. The van der Waals surface area contributed by atoms with Crippen LogP contribution in [0.5, 0.6) is 5.75 Å². The minimum absolute atomic E-state index is 0.212. The van der Waals surface area contributed by atoms with Gasteiger partial charge in [-0.25, -0.2) is 0 Å². The molecule has 15 heavy (non-hydrogen) atoms. The van der Waals surface area contributed by atoms with Gasteiger partial charge in [-0.2, -0.15) is 5.26 Å². The van der Waals surface area contributed by atoms with Crippen LogP contribution >= 0.6 is 11.6 Å². The van der Waals surface area contributed by atoms with Crippen molar-refractivity contribution in [2.24, 2.45) is 0 Å². The predicted octanol–water partition coefficient (Wildman–Crippen LogP) is 2.70. The first-order chi connectivity index (χ1) is 7.10. The molecule has 0 aromatic heterocycles. The summed E-state index contributed by atoms with van der Waals surface area (Å²) in [5, 5.41) is 9.38. The van der Waals surface area contributed by atoms with Crippen LogP contribution in [0.3, 0.4) is 0 Å². The van der Waals surface area contributed by atoms with Gasteiger partial charge in [-0.1, -0.05) is 11.6 Å². The maximum atomic E-state index is 8.80. The van der Waals surface area contributed by atoms with Gasteiger partial charge in [-0.15, -0.1) is 0 Å². The smallest absolute Gasteiger partial charge is 0.120 e. The number of methoxy groups -OCH3 is 1. The quantitative estimate of drug-likeness (QED) is 0.792. The van der Waals surface area contributed by atoms with E-state index in [2.05, 4.69) is 6.07 Å². The van der Waals surface area contributed by atoms with E-state index in [4.69, 9.17) is 21.6 Å². The van der Waals surface area contributed by atoms with Crippen LogP contribution in [0.1, 0.15) is 6.92 Å². The van der Waals surface area contributed by atoms with E-state index in [0.717, 1.165) is 5.69 Å². The molecule has 0 bridgehead atoms. The number of halogens is 1. The maximum absolute atomic E-state index is 8.80. The third-order valence-electron chi connectivity index (χ3n) is 2.30. The second-order valence-electron chi connectivity index (χ2n) is 3.23. The van der Waals surface area contributed by atoms with Gasteiger partial charge in [0.05, 0.1) is 23.9 Å². The number of nitrogens with zero attached hydrogens (tertiary/aromatic N) is 2. The first-order valence-electron chi connectivity index (χ1n) is 4.56. The lowest BCUT2D eigenvalue weighted by Crippen LogP contribution is -2.27. The zero-order valence-corrected chi connectivity index (χ0v) is 9.75. The highest BCUT2D eigenvalue weighted by Gasteiger charge is 2.12. The van der Waals surface area contributed by atoms with E-state index in [-0.39, 0.29) is 6.04 Å². The number of benzene rings is 1. The van der Waals surface area contributed by atoms with Gasteiger partial charge in [-0.3, -0.25) is 0 Å². The summed E-state index contributed by atoms with van der Waals surface area (Å²) in [4.78, 5) is 1.82. The summed E-state index contributed by atoms with van der Waals surface area (Å²) >= 11 is 6.07. The van der Waals surface area contributed by atoms with Crippen LogP contribution in [0.15, 0.2) is 18.2 Å². The monoisotopic (exact) mass is 224 g/mol. The Morgan fingerprint density at radius 2 is 2.20 bits per heavy atom. The van der Waals surface area contributed by atoms with Crippen LogP contribution in [-0.2, 0) is 0 Å². The zero-order chi connectivity index (χ0) is 11.4. The summed E-state index contributed by atoms with van der Waals surface area (Å²) in [5.41, 5.74) is 0.825. The molecule has 0 spiro atoms. The number of ether oxygens (including phenoxy) is 1. The summed E-state index contributed by atoms with van der Waals surface area (Å²) in [6.45, 7) is 1.82. The molecule has 3 nitrogen and oxygen atoms in total. The van der Waals surface area contributed by atoms with Crippen molar-refractivity contribution in [3.8, 4) is 11.8 Å². The highest BCUT2D eigenvalue weighted by atomic mass is 35.5. The van der Waals surface area contributed by atoms with E-state index in [9.17, 15) is 0 Å². The van der Waals surface area contributed by atoms with Crippen molar-refractivity contribution in [1.82, 2.24) is 0 Å². The Hall–Kier alpha value is -1.40. The molecule has 0 aliphatic carbocycles. The van der Waals surface area contributed by atoms with E-state index in [0.29, 0.717) is 10.8 Å². The van der Waals surface area contributed by atoms with Gasteiger partial charge in [0.15, 0.2) is 0 Å². The molecule has 0 N–H and O–H groups in total. The van der Waals surface area contributed by atoms with Crippen LogP contribution in [-0.4, -0.2) is 20.2 Å². The molecular weight excluding hydrogens is 212 g/mol. The maximum Gasteiger partial charge on any atom is 0.120 e. The molecule has 0 radical (unpaired) electrons. The molecule has 0 saturated carbocycles. The fraction of sp³-hybridized carbons (Fsp3) is 0.364. The lowest BCUT2D eigenvalue weighted by atomic mass is 10.2. The van der Waals surface area contributed by atoms with E-state index in [1.807, 2.05) is 31.0 Å². The number of anilines is 1. The van der Waals surface area contributed by atoms with Crippen molar-refractivity contribution >= 4 is 17.3 Å². The fourth-order valence-corrected chi connectivity index (χ4v) is 1.50. The Labute approximate surface area is 94.8 Å². The van der Waals surface area contributed by atoms with Crippen LogP contribution < -0.4 is 9.64 Å². The molecule has 0 aliphatic rings. The molecule has 1 unspecified atom stereocenters. The predicted molar refractivity (Wildman–Crippen MR) is 61.5 cm³/mol. The summed E-state index contributed by atoms with van der Waals surface area (Å²) in [6, 6.07) is 7.34. The van der Waals surface area contributed by atoms with Gasteiger partial charge in [0, 0.05) is 13.1 Å². The summed E-state index contributed by atoms with van der Waals surface area (Å²) in [6.07, 6.45) is 0. The van der Waals surface area contributed by atoms with Crippen LogP contribution in [0.2, 0.25) is 5.02 Å². The molecule has 1 aromatic carbocycles. The normalized spacial score (nSPS) is 11.7. The number of rotatable bonds is 3. The first kappa shape index (κ1) is 11.7. The second kappa shape index (κ2) is 4.90. The highest BCUT2D eigenvalue weighted by Crippen LogP contribution is 2.29. The number of nitriles is 1. The van der Waals surface area contributed by atoms with Gasteiger partial charge >= 0.3 is 0 Å². The Morgan fingerprint density at radius 3 is 2.67 bits per heavy atom. The van der Waals surface area contributed by atoms with Crippen molar-refractivity contribution in [2.45, 2.75) is 13.0 Å². The van der Waals surface area contributed by atoms with Crippen LogP contribution in [0.25, 0.3) is 0 Å². The Balaban J connectivity index is 3.01. The second-order valence-corrected chi connectivity index (χ2v) is 3.64. The molecule has 1 rings (SSSR count). The summed E-state index contributed by atoms with van der Waals surface area (Å²) in [7, 11) is 3.43. The average molecular weight is 225 g/mol. The van der Waals surface area contributed by atoms with Gasteiger partial charge < -0.3 is 9.64 Å². The van der Waals surface area contributed by atoms with E-state index < -0.39 is 0 Å². The minimum Gasteiger partial charge on any atom is -0.497 e. The van der Waals surface area contributed by atoms with Crippen LogP contribution in [0, 0.1) is 11.3 Å². The first-order valence-corrected chi connectivity index (χ1v) is 4.94. The van der Waals surface area contributed by atoms with Gasteiger partial charge in [0.25, 0.3) is 0 Å². The molecule has 0 aliphatic heterocycles. The van der Waals surface area contributed by atoms with Crippen molar-refractivity contribution < 1.29 is 4.74 Å². The molecule has 0 heterocycles. The molecule has 1 aromatic rings. The van der Waals surface area contributed by atoms with Crippen molar-refractivity contribution in [2.75, 3.05) is 19.1 Å². The largest absolute Gasteiger partial charge is 0.497 e.